The van der Waals surface area contributed by atoms with E-state index in [0.717, 1.165) is 23.5 Å². The first-order valence-corrected chi connectivity index (χ1v) is 7.00. The molecule has 1 rings (SSSR count). The number of ether oxygens (including phenoxy) is 2. The number of nitrogens with one attached hydrogen (secondary N) is 1. The van der Waals surface area contributed by atoms with Gasteiger partial charge in [0.2, 0.25) is 0 Å². The van der Waals surface area contributed by atoms with Crippen molar-refractivity contribution in [2.24, 2.45) is 5.73 Å². The van der Waals surface area contributed by atoms with Gasteiger partial charge < -0.3 is 20.5 Å². The second kappa shape index (κ2) is 8.57. The first kappa shape index (κ1) is 17.4. The summed E-state index contributed by atoms with van der Waals surface area (Å²) < 4.78 is 9.19. The molecule has 118 valence electrons. The van der Waals surface area contributed by atoms with Crippen molar-refractivity contribution in [3.8, 4) is 0 Å². The number of carbonyl (C=O) groups excluding carboxylic acids is 4. The lowest BCUT2D eigenvalue weighted by Crippen LogP contribution is -2.21. The molecule has 3 N–H and O–H groups in total. The Morgan fingerprint density at radius 3 is 2.45 bits per heavy atom. The second-order valence-corrected chi connectivity index (χ2v) is 4.69. The van der Waals surface area contributed by atoms with E-state index in [1.54, 1.807) is 12.3 Å². The molecular formula is C13H14N2O6S. The minimum absolute atomic E-state index is 0.173. The molecule has 0 unspecified atom stereocenters. The average Bonchev–Trinajstić information content (AvgIpc) is 2.91. The number of esters is 2. The van der Waals surface area contributed by atoms with Gasteiger partial charge in [-0.1, -0.05) is 0 Å². The van der Waals surface area contributed by atoms with Crippen molar-refractivity contribution in [3.05, 3.63) is 29.2 Å². The number of primary amides is 1. The Labute approximate surface area is 129 Å². The predicted octanol–water partition coefficient (Wildman–Crippen LogP) is 0.448. The number of carbonyl (C=O) groups is 4. The monoisotopic (exact) mass is 326 g/mol. The Hall–Kier alpha value is -2.68. The van der Waals surface area contributed by atoms with Crippen molar-refractivity contribution in [1.82, 2.24) is 0 Å². The van der Waals surface area contributed by atoms with Crippen molar-refractivity contribution >= 4 is 40.1 Å². The van der Waals surface area contributed by atoms with Crippen molar-refractivity contribution in [2.45, 2.75) is 6.92 Å². The van der Waals surface area contributed by atoms with Crippen molar-refractivity contribution in [3.63, 3.8) is 0 Å². The second-order valence-electron chi connectivity index (χ2n) is 3.77. The van der Waals surface area contributed by atoms with E-state index < -0.39 is 30.4 Å². The molecule has 0 aliphatic carbocycles. The molecule has 0 aliphatic heterocycles. The summed E-state index contributed by atoms with van der Waals surface area (Å²) in [5.41, 5.74) is 5.30. The van der Waals surface area contributed by atoms with Gasteiger partial charge in [-0.2, -0.15) is 0 Å². The lowest BCUT2D eigenvalue weighted by Gasteiger charge is -2.04. The summed E-state index contributed by atoms with van der Waals surface area (Å²) in [5.74, 6) is -2.87. The fourth-order valence-corrected chi connectivity index (χ4v) is 2.08. The number of hydrogen-bond donors (Lipinski definition) is 2. The van der Waals surface area contributed by atoms with Gasteiger partial charge in [-0.25, -0.2) is 9.59 Å². The van der Waals surface area contributed by atoms with Gasteiger partial charge in [0, 0.05) is 12.2 Å². The van der Waals surface area contributed by atoms with Crippen LogP contribution < -0.4 is 11.1 Å². The quantitative estimate of drug-likeness (QED) is 0.553. The van der Waals surface area contributed by atoms with Crippen LogP contribution in [0.4, 0.5) is 5.00 Å². The maximum Gasteiger partial charge on any atom is 0.331 e. The Morgan fingerprint density at radius 2 is 1.86 bits per heavy atom. The number of nitrogens with two attached hydrogens (primary N) is 1. The number of hydrogen-bond acceptors (Lipinski definition) is 7. The topological polar surface area (TPSA) is 125 Å². The summed E-state index contributed by atoms with van der Waals surface area (Å²) >= 11 is 1.11. The number of rotatable bonds is 7. The molecule has 2 amide bonds. The Balaban J connectivity index is 2.43. The number of anilines is 1. The van der Waals surface area contributed by atoms with E-state index in [1.807, 2.05) is 0 Å². The largest absolute Gasteiger partial charge is 0.463 e. The molecule has 0 bridgehead atoms. The van der Waals surface area contributed by atoms with Crippen molar-refractivity contribution in [1.29, 1.82) is 0 Å². The molecule has 0 spiro atoms. The van der Waals surface area contributed by atoms with Crippen LogP contribution in [0.3, 0.4) is 0 Å². The fourth-order valence-electron chi connectivity index (χ4n) is 1.27. The van der Waals surface area contributed by atoms with Gasteiger partial charge in [-0.3, -0.25) is 9.59 Å². The molecule has 1 heterocycles. The van der Waals surface area contributed by atoms with Gasteiger partial charge in [-0.15, -0.1) is 11.3 Å². The SMILES string of the molecule is CCOC(=O)C=CC(=O)OCC(=O)Nc1sccc1C(N)=O. The highest BCUT2D eigenvalue weighted by atomic mass is 32.1. The minimum atomic E-state index is -0.871. The molecule has 0 radical (unpaired) electrons. The molecule has 0 aliphatic rings. The zero-order chi connectivity index (χ0) is 16.5. The van der Waals surface area contributed by atoms with Crippen LogP contribution in [0.15, 0.2) is 23.6 Å². The molecule has 0 saturated carbocycles. The lowest BCUT2D eigenvalue weighted by atomic mass is 10.3. The van der Waals surface area contributed by atoms with Crippen LogP contribution in [0, 0.1) is 0 Å². The summed E-state index contributed by atoms with van der Waals surface area (Å²) in [7, 11) is 0. The van der Waals surface area contributed by atoms with Crippen LogP contribution in [0.5, 0.6) is 0 Å². The molecule has 8 nitrogen and oxygen atoms in total. The van der Waals surface area contributed by atoms with E-state index in [0.29, 0.717) is 0 Å². The predicted molar refractivity (Wildman–Crippen MR) is 78.2 cm³/mol. The van der Waals surface area contributed by atoms with Crippen LogP contribution in [0.1, 0.15) is 17.3 Å². The first-order chi connectivity index (χ1) is 10.4. The van der Waals surface area contributed by atoms with E-state index in [1.165, 1.54) is 6.07 Å². The Morgan fingerprint density at radius 1 is 1.23 bits per heavy atom. The van der Waals surface area contributed by atoms with E-state index in [2.05, 4.69) is 14.8 Å². The van der Waals surface area contributed by atoms with Gasteiger partial charge in [0.05, 0.1) is 12.2 Å². The third-order valence-electron chi connectivity index (χ3n) is 2.17. The fraction of sp³-hybridized carbons (Fsp3) is 0.231. The highest BCUT2D eigenvalue weighted by Gasteiger charge is 2.13. The zero-order valence-corrected chi connectivity index (χ0v) is 12.5. The van der Waals surface area contributed by atoms with Crippen LogP contribution in [-0.4, -0.2) is 37.0 Å². The maximum absolute atomic E-state index is 11.6. The van der Waals surface area contributed by atoms with Gasteiger partial charge in [0.1, 0.15) is 5.00 Å². The van der Waals surface area contributed by atoms with Crippen LogP contribution >= 0.6 is 11.3 Å². The standard InChI is InChI=1S/C13H14N2O6S/c1-2-20-10(17)3-4-11(18)21-7-9(16)15-13-8(12(14)19)5-6-22-13/h3-6H,2,7H2,1H3,(H2,14,19)(H,15,16). The normalized spacial score (nSPS) is 10.2. The molecule has 0 fully saturated rings. The summed E-state index contributed by atoms with van der Waals surface area (Å²) in [5, 5.41) is 4.26. The van der Waals surface area contributed by atoms with Crippen molar-refractivity contribution < 1.29 is 28.7 Å². The van der Waals surface area contributed by atoms with Crippen LogP contribution in [0.25, 0.3) is 0 Å². The Bertz CT molecular complexity index is 607. The summed E-state index contributed by atoms with van der Waals surface area (Å²) in [4.78, 5) is 44.9. The van der Waals surface area contributed by atoms with Gasteiger partial charge in [0.25, 0.3) is 11.8 Å². The summed E-state index contributed by atoms with van der Waals surface area (Å²) in [6, 6.07) is 1.47. The first-order valence-electron chi connectivity index (χ1n) is 6.12. The smallest absolute Gasteiger partial charge is 0.331 e. The van der Waals surface area contributed by atoms with Gasteiger partial charge >= 0.3 is 11.9 Å². The van der Waals surface area contributed by atoms with E-state index in [9.17, 15) is 19.2 Å². The van der Waals surface area contributed by atoms with Gasteiger partial charge in [-0.05, 0) is 18.4 Å². The third kappa shape index (κ3) is 5.75. The average molecular weight is 326 g/mol. The van der Waals surface area contributed by atoms with Crippen molar-refractivity contribution in [2.75, 3.05) is 18.5 Å². The molecule has 0 saturated heterocycles. The highest BCUT2D eigenvalue weighted by Crippen LogP contribution is 2.22. The minimum Gasteiger partial charge on any atom is -0.463 e. The summed E-state index contributed by atoms with van der Waals surface area (Å²) in [6.45, 7) is 1.24. The maximum atomic E-state index is 11.6. The highest BCUT2D eigenvalue weighted by molar-refractivity contribution is 7.14. The zero-order valence-electron chi connectivity index (χ0n) is 11.7. The molecule has 1 aromatic heterocycles. The Kier molecular flexibility index (Phi) is 6.77. The van der Waals surface area contributed by atoms with E-state index in [4.69, 9.17) is 5.73 Å². The van der Waals surface area contributed by atoms with Crippen LogP contribution in [-0.2, 0) is 23.9 Å². The third-order valence-corrected chi connectivity index (χ3v) is 3.00. The van der Waals surface area contributed by atoms with E-state index >= 15 is 0 Å². The molecular weight excluding hydrogens is 312 g/mol. The van der Waals surface area contributed by atoms with E-state index in [-0.39, 0.29) is 17.2 Å². The summed E-state index contributed by atoms with van der Waals surface area (Å²) in [6.07, 6.45) is 1.75. The lowest BCUT2D eigenvalue weighted by molar-refractivity contribution is -0.143. The van der Waals surface area contributed by atoms with Gasteiger partial charge in [0.15, 0.2) is 6.61 Å². The number of amides is 2. The molecule has 22 heavy (non-hydrogen) atoms. The molecule has 1 aromatic rings. The number of thiophene rings is 1. The molecule has 0 atom stereocenters. The molecule has 9 heteroatoms. The molecule has 0 aromatic carbocycles. The van der Waals surface area contributed by atoms with Crippen LogP contribution in [0.2, 0.25) is 0 Å².